The van der Waals surface area contributed by atoms with Gasteiger partial charge in [-0.2, -0.15) is 0 Å². The van der Waals surface area contributed by atoms with Crippen LogP contribution in [0.3, 0.4) is 0 Å². The summed E-state index contributed by atoms with van der Waals surface area (Å²) in [5.41, 5.74) is 2.25. The molecule has 2 aromatic rings. The highest BCUT2D eigenvalue weighted by atomic mass is 35.5. The van der Waals surface area contributed by atoms with Crippen LogP contribution in [0.25, 0.3) is 0 Å². The number of hydrogen-bond donors (Lipinski definition) is 0. The van der Waals surface area contributed by atoms with Crippen molar-refractivity contribution < 1.29 is 4.74 Å². The van der Waals surface area contributed by atoms with Crippen molar-refractivity contribution in [3.8, 4) is 5.75 Å². The van der Waals surface area contributed by atoms with Crippen molar-refractivity contribution in [1.82, 2.24) is 0 Å². The van der Waals surface area contributed by atoms with E-state index >= 15 is 0 Å². The van der Waals surface area contributed by atoms with E-state index in [-0.39, 0.29) is 0 Å². The van der Waals surface area contributed by atoms with Gasteiger partial charge in [0, 0.05) is 5.02 Å². The molecule has 2 aromatic carbocycles. The normalized spacial score (nSPS) is 10.1. The Bertz CT molecular complexity index is 465. The minimum atomic E-state index is 0.571. The lowest BCUT2D eigenvalue weighted by molar-refractivity contribution is 0.304. The summed E-state index contributed by atoms with van der Waals surface area (Å²) in [6.07, 6.45) is 0. The maximum atomic E-state index is 5.92. The third-order valence-corrected chi connectivity index (χ3v) is 2.62. The number of halogens is 1. The van der Waals surface area contributed by atoms with Crippen molar-refractivity contribution >= 4 is 11.6 Å². The summed E-state index contributed by atoms with van der Waals surface area (Å²) < 4.78 is 5.72. The molecule has 0 radical (unpaired) electrons. The van der Waals surface area contributed by atoms with Crippen LogP contribution in [-0.2, 0) is 6.61 Å². The van der Waals surface area contributed by atoms with Crippen LogP contribution in [-0.4, -0.2) is 0 Å². The average molecular weight is 233 g/mol. The van der Waals surface area contributed by atoms with E-state index in [0.29, 0.717) is 11.6 Å². The van der Waals surface area contributed by atoms with E-state index in [0.717, 1.165) is 16.9 Å². The maximum absolute atomic E-state index is 5.92. The second kappa shape index (κ2) is 5.04. The fraction of sp³-hybridized carbons (Fsp3) is 0.143. The van der Waals surface area contributed by atoms with E-state index in [4.69, 9.17) is 16.3 Å². The molecule has 0 aliphatic carbocycles. The van der Waals surface area contributed by atoms with E-state index in [1.807, 2.05) is 55.5 Å². The molecule has 0 aliphatic rings. The Morgan fingerprint density at radius 3 is 2.56 bits per heavy atom. The van der Waals surface area contributed by atoms with Gasteiger partial charge in [0.25, 0.3) is 0 Å². The Morgan fingerprint density at radius 1 is 1.06 bits per heavy atom. The van der Waals surface area contributed by atoms with Crippen LogP contribution in [0, 0.1) is 6.92 Å². The van der Waals surface area contributed by atoms with Gasteiger partial charge >= 0.3 is 0 Å². The van der Waals surface area contributed by atoms with Crippen LogP contribution >= 0.6 is 11.6 Å². The summed E-state index contributed by atoms with van der Waals surface area (Å²) in [5.74, 6) is 0.844. The van der Waals surface area contributed by atoms with Gasteiger partial charge in [-0.1, -0.05) is 48.0 Å². The van der Waals surface area contributed by atoms with Crippen molar-refractivity contribution in [2.24, 2.45) is 0 Å². The zero-order valence-corrected chi connectivity index (χ0v) is 9.87. The first kappa shape index (κ1) is 11.0. The fourth-order valence-corrected chi connectivity index (χ4v) is 1.63. The van der Waals surface area contributed by atoms with Gasteiger partial charge in [0.15, 0.2) is 0 Å². The van der Waals surface area contributed by atoms with Crippen molar-refractivity contribution in [3.05, 3.63) is 64.7 Å². The van der Waals surface area contributed by atoms with Crippen LogP contribution < -0.4 is 4.74 Å². The first-order valence-electron chi connectivity index (χ1n) is 5.18. The molecule has 0 amide bonds. The first-order valence-corrected chi connectivity index (χ1v) is 5.56. The number of rotatable bonds is 3. The van der Waals surface area contributed by atoms with E-state index < -0.39 is 0 Å². The highest BCUT2D eigenvalue weighted by Gasteiger charge is 2.00. The Hall–Kier alpha value is -1.47. The van der Waals surface area contributed by atoms with Crippen LogP contribution in [0.5, 0.6) is 5.75 Å². The predicted molar refractivity (Wildman–Crippen MR) is 67.0 cm³/mol. The van der Waals surface area contributed by atoms with Crippen molar-refractivity contribution in [2.45, 2.75) is 13.5 Å². The molecule has 82 valence electrons. The minimum absolute atomic E-state index is 0.571. The van der Waals surface area contributed by atoms with Gasteiger partial charge in [-0.15, -0.1) is 0 Å². The second-order valence-electron chi connectivity index (χ2n) is 3.68. The summed E-state index contributed by atoms with van der Waals surface area (Å²) in [6, 6.07) is 15.8. The summed E-state index contributed by atoms with van der Waals surface area (Å²) in [7, 11) is 0. The van der Waals surface area contributed by atoms with Crippen molar-refractivity contribution in [1.29, 1.82) is 0 Å². The molecule has 0 saturated heterocycles. The van der Waals surface area contributed by atoms with E-state index in [1.165, 1.54) is 0 Å². The Kier molecular flexibility index (Phi) is 3.47. The third-order valence-electron chi connectivity index (χ3n) is 2.39. The predicted octanol–water partition coefficient (Wildman–Crippen LogP) is 4.23. The largest absolute Gasteiger partial charge is 0.489 e. The highest BCUT2D eigenvalue weighted by molar-refractivity contribution is 6.30. The molecule has 0 aromatic heterocycles. The van der Waals surface area contributed by atoms with E-state index in [2.05, 4.69) is 0 Å². The second-order valence-corrected chi connectivity index (χ2v) is 4.12. The average Bonchev–Trinajstić information content (AvgIpc) is 2.32. The van der Waals surface area contributed by atoms with Crippen LogP contribution in [0.4, 0.5) is 0 Å². The van der Waals surface area contributed by atoms with Crippen LogP contribution in [0.15, 0.2) is 48.5 Å². The van der Waals surface area contributed by atoms with Gasteiger partial charge in [-0.25, -0.2) is 0 Å². The molecule has 0 bridgehead atoms. The molecule has 0 fully saturated rings. The van der Waals surface area contributed by atoms with Gasteiger partial charge in [0.2, 0.25) is 0 Å². The summed E-state index contributed by atoms with van der Waals surface area (Å²) in [4.78, 5) is 0. The molecule has 0 N–H and O–H groups in total. The zero-order valence-electron chi connectivity index (χ0n) is 9.11. The molecule has 0 atom stereocenters. The molecule has 2 rings (SSSR count). The molecular weight excluding hydrogens is 220 g/mol. The monoisotopic (exact) mass is 232 g/mol. The maximum Gasteiger partial charge on any atom is 0.124 e. The number of aryl methyl sites for hydroxylation is 1. The van der Waals surface area contributed by atoms with Crippen LogP contribution in [0.1, 0.15) is 11.1 Å². The number of hydrogen-bond acceptors (Lipinski definition) is 1. The molecule has 16 heavy (non-hydrogen) atoms. The first-order chi connectivity index (χ1) is 7.75. The quantitative estimate of drug-likeness (QED) is 0.770. The van der Waals surface area contributed by atoms with Gasteiger partial charge in [0.1, 0.15) is 12.4 Å². The minimum Gasteiger partial charge on any atom is -0.489 e. The van der Waals surface area contributed by atoms with Gasteiger partial charge in [0.05, 0.1) is 0 Å². The Labute approximate surface area is 101 Å². The molecule has 1 nitrogen and oxygen atoms in total. The molecule has 0 aliphatic heterocycles. The zero-order chi connectivity index (χ0) is 11.4. The molecule has 2 heteroatoms. The standard InChI is InChI=1S/C14H13ClO/c1-11-7-8-13(15)9-14(11)16-10-12-5-3-2-4-6-12/h2-9H,10H2,1H3. The Morgan fingerprint density at radius 2 is 1.81 bits per heavy atom. The SMILES string of the molecule is Cc1ccc(Cl)cc1OCc1ccccc1. The van der Waals surface area contributed by atoms with E-state index in [9.17, 15) is 0 Å². The lowest BCUT2D eigenvalue weighted by Crippen LogP contribution is -1.96. The lowest BCUT2D eigenvalue weighted by atomic mass is 10.2. The molecule has 0 heterocycles. The van der Waals surface area contributed by atoms with Crippen molar-refractivity contribution in [2.75, 3.05) is 0 Å². The third kappa shape index (κ3) is 2.77. The highest BCUT2D eigenvalue weighted by Crippen LogP contribution is 2.23. The summed E-state index contributed by atoms with van der Waals surface area (Å²) in [6.45, 7) is 2.58. The molecule has 0 unspecified atom stereocenters. The smallest absolute Gasteiger partial charge is 0.124 e. The van der Waals surface area contributed by atoms with E-state index in [1.54, 1.807) is 0 Å². The van der Waals surface area contributed by atoms with Gasteiger partial charge in [-0.3, -0.25) is 0 Å². The van der Waals surface area contributed by atoms with Crippen LogP contribution in [0.2, 0.25) is 5.02 Å². The fourth-order valence-electron chi connectivity index (χ4n) is 1.46. The molecule has 0 saturated carbocycles. The molecule has 0 spiro atoms. The number of ether oxygens (including phenoxy) is 1. The van der Waals surface area contributed by atoms with Crippen molar-refractivity contribution in [3.63, 3.8) is 0 Å². The Balaban J connectivity index is 2.08. The molecular formula is C14H13ClO. The topological polar surface area (TPSA) is 9.23 Å². The lowest BCUT2D eigenvalue weighted by Gasteiger charge is -2.09. The van der Waals surface area contributed by atoms with Gasteiger partial charge < -0.3 is 4.74 Å². The summed E-state index contributed by atoms with van der Waals surface area (Å²) in [5, 5.41) is 0.702. The van der Waals surface area contributed by atoms with Gasteiger partial charge in [-0.05, 0) is 30.2 Å². The number of benzene rings is 2. The summed E-state index contributed by atoms with van der Waals surface area (Å²) >= 11 is 5.92.